The molecule has 0 unspecified atom stereocenters. The lowest BCUT2D eigenvalue weighted by atomic mass is 9.85. The average molecular weight is 543 g/mol. The third kappa shape index (κ3) is 4.33. The van der Waals surface area contributed by atoms with Gasteiger partial charge < -0.3 is 0 Å². The van der Waals surface area contributed by atoms with Gasteiger partial charge in [0.2, 0.25) is 0 Å². The maximum atomic E-state index is 4.96. The second-order valence-corrected chi connectivity index (χ2v) is 11.0. The van der Waals surface area contributed by atoms with Gasteiger partial charge >= 0.3 is 0 Å². The number of aryl methyl sites for hydroxylation is 4. The number of fused-ring (bicyclic) bond motifs is 2. The molecule has 4 heteroatoms. The Morgan fingerprint density at radius 2 is 1.14 bits per heavy atom. The van der Waals surface area contributed by atoms with E-state index >= 15 is 0 Å². The number of rotatable bonds is 4. The van der Waals surface area contributed by atoms with Gasteiger partial charge in [-0.05, 0) is 107 Å². The fourth-order valence-corrected chi connectivity index (χ4v) is 6.09. The van der Waals surface area contributed by atoms with Crippen LogP contribution in [0, 0.1) is 27.7 Å². The summed E-state index contributed by atoms with van der Waals surface area (Å²) in [5, 5.41) is 4.78. The molecule has 0 spiro atoms. The summed E-state index contributed by atoms with van der Waals surface area (Å²) >= 11 is 0. The van der Waals surface area contributed by atoms with Crippen molar-refractivity contribution in [2.24, 2.45) is 0 Å². The van der Waals surface area contributed by atoms with Crippen molar-refractivity contribution in [2.45, 2.75) is 27.7 Å². The Morgan fingerprint density at radius 1 is 0.476 bits per heavy atom. The first-order chi connectivity index (χ1) is 20.5. The van der Waals surface area contributed by atoms with E-state index in [-0.39, 0.29) is 0 Å². The highest BCUT2D eigenvalue weighted by atomic mass is 14.8. The van der Waals surface area contributed by atoms with E-state index in [0.717, 1.165) is 50.5 Å². The van der Waals surface area contributed by atoms with Crippen molar-refractivity contribution >= 4 is 21.5 Å². The molecular formula is C38H30N4. The highest BCUT2D eigenvalue weighted by Gasteiger charge is 2.19. The van der Waals surface area contributed by atoms with E-state index in [4.69, 9.17) is 9.97 Å². The molecule has 0 aliphatic heterocycles. The number of hydrogen-bond donors (Lipinski definition) is 0. The molecule has 4 nitrogen and oxygen atoms in total. The van der Waals surface area contributed by atoms with E-state index in [1.54, 1.807) is 0 Å². The SMILES string of the molecule is Cc1cncc(-c2cc(C)c(-c3c4ccccc4c(-c4cnc(-c5ncccc5C)c(C)c4)c4ccccc34)cn2)c1. The fourth-order valence-electron chi connectivity index (χ4n) is 6.09. The zero-order chi connectivity index (χ0) is 28.8. The number of aromatic nitrogens is 4. The maximum Gasteiger partial charge on any atom is 0.0918 e. The van der Waals surface area contributed by atoms with E-state index in [9.17, 15) is 0 Å². The monoisotopic (exact) mass is 542 g/mol. The van der Waals surface area contributed by atoms with E-state index in [1.165, 1.54) is 38.2 Å². The van der Waals surface area contributed by atoms with Crippen molar-refractivity contribution in [3.05, 3.63) is 132 Å². The summed E-state index contributed by atoms with van der Waals surface area (Å²) in [6.45, 7) is 8.44. The molecular weight excluding hydrogens is 512 g/mol. The minimum Gasteiger partial charge on any atom is -0.264 e. The van der Waals surface area contributed by atoms with Crippen molar-refractivity contribution in [3.63, 3.8) is 0 Å². The van der Waals surface area contributed by atoms with E-state index in [1.807, 2.05) is 37.1 Å². The number of nitrogens with zero attached hydrogens (tertiary/aromatic N) is 4. The van der Waals surface area contributed by atoms with Crippen LogP contribution in [0.15, 0.2) is 110 Å². The lowest BCUT2D eigenvalue weighted by Crippen LogP contribution is -1.97. The zero-order valence-corrected chi connectivity index (χ0v) is 24.2. The van der Waals surface area contributed by atoms with Crippen LogP contribution in [0.5, 0.6) is 0 Å². The predicted octanol–water partition coefficient (Wildman–Crippen LogP) is 9.47. The van der Waals surface area contributed by atoms with Gasteiger partial charge in [-0.2, -0.15) is 0 Å². The van der Waals surface area contributed by atoms with E-state index < -0.39 is 0 Å². The minimum atomic E-state index is 0.924. The normalized spacial score (nSPS) is 11.3. The summed E-state index contributed by atoms with van der Waals surface area (Å²) < 4.78 is 0. The Kier molecular flexibility index (Phi) is 6.32. The Balaban J connectivity index is 1.46. The van der Waals surface area contributed by atoms with Crippen LogP contribution < -0.4 is 0 Å². The predicted molar refractivity (Wildman–Crippen MR) is 173 cm³/mol. The first-order valence-corrected chi connectivity index (χ1v) is 14.2. The van der Waals surface area contributed by atoms with Gasteiger partial charge in [-0.25, -0.2) is 0 Å². The van der Waals surface area contributed by atoms with Gasteiger partial charge in [0.15, 0.2) is 0 Å². The molecule has 7 rings (SSSR count). The molecule has 0 amide bonds. The van der Waals surface area contributed by atoms with Gasteiger partial charge in [-0.3, -0.25) is 19.9 Å². The van der Waals surface area contributed by atoms with Crippen LogP contribution >= 0.6 is 0 Å². The van der Waals surface area contributed by atoms with E-state index in [2.05, 4.69) is 110 Å². The van der Waals surface area contributed by atoms with Crippen LogP contribution in [0.1, 0.15) is 22.3 Å². The quantitative estimate of drug-likeness (QED) is 0.208. The highest BCUT2D eigenvalue weighted by Crippen LogP contribution is 2.44. The van der Waals surface area contributed by atoms with Crippen molar-refractivity contribution in [3.8, 4) is 44.9 Å². The number of pyridine rings is 4. The summed E-state index contributed by atoms with van der Waals surface area (Å²) in [4.78, 5) is 18.9. The summed E-state index contributed by atoms with van der Waals surface area (Å²) in [5.41, 5.74) is 13.0. The lowest BCUT2D eigenvalue weighted by molar-refractivity contribution is 1.19. The molecule has 0 bridgehead atoms. The summed E-state index contributed by atoms with van der Waals surface area (Å²) in [6.07, 6.45) is 9.61. The molecule has 202 valence electrons. The first-order valence-electron chi connectivity index (χ1n) is 14.2. The Morgan fingerprint density at radius 3 is 1.76 bits per heavy atom. The molecule has 4 heterocycles. The molecule has 7 aromatic rings. The first kappa shape index (κ1) is 25.7. The van der Waals surface area contributed by atoms with Crippen molar-refractivity contribution < 1.29 is 0 Å². The van der Waals surface area contributed by atoms with Gasteiger partial charge in [-0.15, -0.1) is 0 Å². The van der Waals surface area contributed by atoms with Crippen LogP contribution in [-0.2, 0) is 0 Å². The summed E-state index contributed by atoms with van der Waals surface area (Å²) in [5.74, 6) is 0. The molecule has 0 aliphatic carbocycles. The Labute approximate surface area is 245 Å². The Bertz CT molecular complexity index is 2090. The summed E-state index contributed by atoms with van der Waals surface area (Å²) in [7, 11) is 0. The van der Waals surface area contributed by atoms with Crippen LogP contribution in [-0.4, -0.2) is 19.9 Å². The molecule has 42 heavy (non-hydrogen) atoms. The third-order valence-electron chi connectivity index (χ3n) is 8.08. The van der Waals surface area contributed by atoms with Gasteiger partial charge in [0, 0.05) is 47.7 Å². The Hall–Kier alpha value is -5.22. The molecule has 0 radical (unpaired) electrons. The minimum absolute atomic E-state index is 0.924. The zero-order valence-electron chi connectivity index (χ0n) is 24.2. The molecule has 0 fully saturated rings. The van der Waals surface area contributed by atoms with Gasteiger partial charge in [0.25, 0.3) is 0 Å². The van der Waals surface area contributed by atoms with Crippen LogP contribution in [0.2, 0.25) is 0 Å². The summed E-state index contributed by atoms with van der Waals surface area (Å²) in [6, 6.07) is 28.0. The van der Waals surface area contributed by atoms with Gasteiger partial charge in [-0.1, -0.05) is 54.6 Å². The van der Waals surface area contributed by atoms with Crippen LogP contribution in [0.4, 0.5) is 0 Å². The van der Waals surface area contributed by atoms with Crippen molar-refractivity contribution in [1.82, 2.24) is 19.9 Å². The molecule has 0 saturated heterocycles. The number of hydrogen-bond acceptors (Lipinski definition) is 4. The molecule has 0 N–H and O–H groups in total. The number of benzene rings is 3. The topological polar surface area (TPSA) is 51.6 Å². The fraction of sp³-hybridized carbons (Fsp3) is 0.105. The van der Waals surface area contributed by atoms with Crippen molar-refractivity contribution in [2.75, 3.05) is 0 Å². The van der Waals surface area contributed by atoms with Gasteiger partial charge in [0.1, 0.15) is 0 Å². The van der Waals surface area contributed by atoms with Crippen LogP contribution in [0.25, 0.3) is 66.4 Å². The molecule has 0 saturated carbocycles. The smallest absolute Gasteiger partial charge is 0.0918 e. The third-order valence-corrected chi connectivity index (χ3v) is 8.08. The molecule has 4 aromatic heterocycles. The molecule has 0 atom stereocenters. The van der Waals surface area contributed by atoms with Gasteiger partial charge in [0.05, 0.1) is 17.1 Å². The molecule has 3 aromatic carbocycles. The second-order valence-electron chi connectivity index (χ2n) is 11.0. The maximum absolute atomic E-state index is 4.96. The highest BCUT2D eigenvalue weighted by molar-refractivity contribution is 6.21. The van der Waals surface area contributed by atoms with E-state index in [0.29, 0.717) is 0 Å². The molecule has 0 aliphatic rings. The second kappa shape index (κ2) is 10.3. The lowest BCUT2D eigenvalue weighted by Gasteiger charge is -2.19. The van der Waals surface area contributed by atoms with Crippen molar-refractivity contribution in [1.29, 1.82) is 0 Å². The average Bonchev–Trinajstić information content (AvgIpc) is 3.00. The van der Waals surface area contributed by atoms with Crippen LogP contribution in [0.3, 0.4) is 0 Å². The largest absolute Gasteiger partial charge is 0.264 e. The standard InChI is InChI=1S/C38H30N4/c1-23-16-27(20-39-19-23)34-18-25(3)33(22-41-34)36-31-13-7-5-11-29(31)35(30-12-6-8-14-32(30)36)28-17-26(4)38(42-21-28)37-24(2)10-9-15-40-37/h5-22H,1-4H3.